The lowest BCUT2D eigenvalue weighted by Crippen LogP contribution is -2.20. The number of hydrogen-bond acceptors (Lipinski definition) is 6. The van der Waals surface area contributed by atoms with Crippen molar-refractivity contribution < 1.29 is 23.9 Å². The Labute approximate surface area is 158 Å². The predicted octanol–water partition coefficient (Wildman–Crippen LogP) is 3.48. The van der Waals surface area contributed by atoms with Gasteiger partial charge in [0, 0.05) is 17.8 Å². The van der Waals surface area contributed by atoms with E-state index >= 15 is 0 Å². The van der Waals surface area contributed by atoms with E-state index < -0.39 is 17.7 Å². The molecule has 0 fully saturated rings. The summed E-state index contributed by atoms with van der Waals surface area (Å²) in [4.78, 5) is 35.5. The van der Waals surface area contributed by atoms with Crippen molar-refractivity contribution in [2.24, 2.45) is 0 Å². The molecule has 0 atom stereocenters. The largest absolute Gasteiger partial charge is 0.458 e. The summed E-state index contributed by atoms with van der Waals surface area (Å²) < 4.78 is 9.90. The molecule has 0 aromatic heterocycles. The van der Waals surface area contributed by atoms with Crippen molar-refractivity contribution in [3.63, 3.8) is 0 Å². The summed E-state index contributed by atoms with van der Waals surface area (Å²) in [6, 6.07) is 15.1. The van der Waals surface area contributed by atoms with Gasteiger partial charge in [0.2, 0.25) is 0 Å². The lowest BCUT2D eigenvalue weighted by atomic mass is 10.1. The molecule has 0 heterocycles. The van der Waals surface area contributed by atoms with Gasteiger partial charge < -0.3 is 14.8 Å². The second-order valence-corrected chi connectivity index (χ2v) is 5.82. The number of unbranched alkanes of at least 4 members (excludes halogenated alkanes) is 1. The molecule has 142 valence electrons. The van der Waals surface area contributed by atoms with Crippen LogP contribution in [0.3, 0.4) is 0 Å². The zero-order valence-electron chi connectivity index (χ0n) is 15.3. The Kier molecular flexibility index (Phi) is 8.03. The monoisotopic (exact) mass is 369 g/mol. The van der Waals surface area contributed by atoms with Crippen molar-refractivity contribution in [3.05, 3.63) is 65.7 Å². The standard InChI is InChI=1S/C21H23NO5/c1-2-3-13-22-18-11-9-17(10-12-18)20(24)26-14-15-27-21(25)19(23)16-7-5-4-6-8-16/h4-12,22H,2-3,13-15H2,1H3. The molecule has 2 aromatic carbocycles. The maximum absolute atomic E-state index is 12.0. The zero-order valence-corrected chi connectivity index (χ0v) is 15.3. The third kappa shape index (κ3) is 6.58. The van der Waals surface area contributed by atoms with Crippen LogP contribution < -0.4 is 5.32 Å². The molecule has 0 bridgehead atoms. The molecule has 0 amide bonds. The summed E-state index contributed by atoms with van der Waals surface area (Å²) >= 11 is 0. The van der Waals surface area contributed by atoms with Gasteiger partial charge in [0.05, 0.1) is 5.56 Å². The van der Waals surface area contributed by atoms with Gasteiger partial charge in [0.25, 0.3) is 5.78 Å². The Morgan fingerprint density at radius 1 is 0.852 bits per heavy atom. The molecule has 0 radical (unpaired) electrons. The molecule has 0 aliphatic rings. The summed E-state index contributed by atoms with van der Waals surface area (Å²) in [5.74, 6) is -2.21. The highest BCUT2D eigenvalue weighted by atomic mass is 16.6. The molecular formula is C21H23NO5. The minimum atomic E-state index is -0.972. The number of carbonyl (C=O) groups excluding carboxylic acids is 3. The van der Waals surface area contributed by atoms with Crippen molar-refractivity contribution in [1.82, 2.24) is 0 Å². The van der Waals surface area contributed by atoms with E-state index in [0.717, 1.165) is 25.1 Å². The van der Waals surface area contributed by atoms with E-state index in [1.165, 1.54) is 12.1 Å². The van der Waals surface area contributed by atoms with Gasteiger partial charge in [-0.25, -0.2) is 9.59 Å². The molecule has 1 N–H and O–H groups in total. The van der Waals surface area contributed by atoms with E-state index in [2.05, 4.69) is 12.2 Å². The van der Waals surface area contributed by atoms with E-state index in [9.17, 15) is 14.4 Å². The van der Waals surface area contributed by atoms with Crippen LogP contribution in [0.15, 0.2) is 54.6 Å². The minimum Gasteiger partial charge on any atom is -0.458 e. The Bertz CT molecular complexity index is 756. The van der Waals surface area contributed by atoms with E-state index in [1.54, 1.807) is 30.3 Å². The fraction of sp³-hybridized carbons (Fsp3) is 0.286. The first-order valence-corrected chi connectivity index (χ1v) is 8.89. The van der Waals surface area contributed by atoms with Crippen LogP contribution in [0.1, 0.15) is 40.5 Å². The molecule has 2 rings (SSSR count). The minimum absolute atomic E-state index is 0.122. The molecule has 0 aliphatic heterocycles. The lowest BCUT2D eigenvalue weighted by Gasteiger charge is -2.08. The summed E-state index contributed by atoms with van der Waals surface area (Å²) in [5, 5.41) is 3.26. The van der Waals surface area contributed by atoms with Gasteiger partial charge in [-0.1, -0.05) is 43.7 Å². The summed E-state index contributed by atoms with van der Waals surface area (Å²) in [5.41, 5.74) is 1.60. The second kappa shape index (κ2) is 10.8. The first-order chi connectivity index (χ1) is 13.1. The number of esters is 2. The molecule has 0 saturated carbocycles. The normalized spacial score (nSPS) is 10.1. The van der Waals surface area contributed by atoms with E-state index in [-0.39, 0.29) is 18.8 Å². The number of carbonyl (C=O) groups is 3. The fourth-order valence-corrected chi connectivity index (χ4v) is 2.26. The number of benzene rings is 2. The number of ether oxygens (including phenoxy) is 2. The molecule has 27 heavy (non-hydrogen) atoms. The van der Waals surface area contributed by atoms with Gasteiger partial charge in [0.1, 0.15) is 13.2 Å². The number of anilines is 1. The van der Waals surface area contributed by atoms with Crippen LogP contribution in [0, 0.1) is 0 Å². The average Bonchev–Trinajstić information content (AvgIpc) is 2.71. The maximum Gasteiger partial charge on any atom is 0.379 e. The quantitative estimate of drug-likeness (QED) is 0.299. The average molecular weight is 369 g/mol. The molecule has 0 spiro atoms. The number of Topliss-reactive ketones (excluding diaryl/α,β-unsaturated/α-hetero) is 1. The fourth-order valence-electron chi connectivity index (χ4n) is 2.26. The van der Waals surface area contributed by atoms with Gasteiger partial charge in [-0.15, -0.1) is 0 Å². The SMILES string of the molecule is CCCCNc1ccc(C(=O)OCCOC(=O)C(=O)c2ccccc2)cc1. The number of rotatable bonds is 10. The van der Waals surface area contributed by atoms with Crippen molar-refractivity contribution in [3.8, 4) is 0 Å². The molecule has 0 unspecified atom stereocenters. The molecular weight excluding hydrogens is 346 g/mol. The van der Waals surface area contributed by atoms with Crippen molar-refractivity contribution in [1.29, 1.82) is 0 Å². The van der Waals surface area contributed by atoms with Gasteiger partial charge in [-0.2, -0.15) is 0 Å². The topological polar surface area (TPSA) is 81.7 Å². The summed E-state index contributed by atoms with van der Waals surface area (Å²) in [7, 11) is 0. The summed E-state index contributed by atoms with van der Waals surface area (Å²) in [6.45, 7) is 2.70. The van der Waals surface area contributed by atoms with Crippen LogP contribution in [0.25, 0.3) is 0 Å². The van der Waals surface area contributed by atoms with Crippen molar-refractivity contribution >= 4 is 23.4 Å². The van der Waals surface area contributed by atoms with Gasteiger partial charge in [-0.05, 0) is 30.7 Å². The van der Waals surface area contributed by atoms with Crippen molar-refractivity contribution in [2.45, 2.75) is 19.8 Å². The molecule has 6 heteroatoms. The Balaban J connectivity index is 1.71. The van der Waals surface area contributed by atoms with E-state index in [4.69, 9.17) is 9.47 Å². The third-order valence-corrected chi connectivity index (χ3v) is 3.75. The van der Waals surface area contributed by atoms with Crippen LogP contribution in [0.2, 0.25) is 0 Å². The van der Waals surface area contributed by atoms with Crippen LogP contribution in [-0.2, 0) is 14.3 Å². The van der Waals surface area contributed by atoms with E-state index in [1.807, 2.05) is 12.1 Å². The number of nitrogens with one attached hydrogen (secondary N) is 1. The number of ketones is 1. The predicted molar refractivity (Wildman–Crippen MR) is 102 cm³/mol. The summed E-state index contributed by atoms with van der Waals surface area (Å²) in [6.07, 6.45) is 2.19. The second-order valence-electron chi connectivity index (χ2n) is 5.82. The Morgan fingerprint density at radius 2 is 1.52 bits per heavy atom. The number of hydrogen-bond donors (Lipinski definition) is 1. The Morgan fingerprint density at radius 3 is 2.19 bits per heavy atom. The molecule has 0 saturated heterocycles. The van der Waals surface area contributed by atoms with Crippen LogP contribution in [-0.4, -0.2) is 37.5 Å². The highest BCUT2D eigenvalue weighted by molar-refractivity contribution is 6.40. The van der Waals surface area contributed by atoms with Gasteiger partial charge in [0.15, 0.2) is 0 Å². The molecule has 0 aliphatic carbocycles. The smallest absolute Gasteiger partial charge is 0.379 e. The van der Waals surface area contributed by atoms with Crippen LogP contribution in [0.5, 0.6) is 0 Å². The highest BCUT2D eigenvalue weighted by Crippen LogP contribution is 2.11. The van der Waals surface area contributed by atoms with Gasteiger partial charge >= 0.3 is 11.9 Å². The zero-order chi connectivity index (χ0) is 19.5. The maximum atomic E-state index is 12.0. The van der Waals surface area contributed by atoms with Crippen molar-refractivity contribution in [2.75, 3.05) is 25.1 Å². The first kappa shape index (κ1) is 20.2. The van der Waals surface area contributed by atoms with E-state index in [0.29, 0.717) is 5.56 Å². The molecule has 2 aromatic rings. The van der Waals surface area contributed by atoms with Gasteiger partial charge in [-0.3, -0.25) is 4.79 Å². The Hall–Kier alpha value is -3.15. The van der Waals surface area contributed by atoms with Crippen LogP contribution in [0.4, 0.5) is 5.69 Å². The van der Waals surface area contributed by atoms with Crippen LogP contribution >= 0.6 is 0 Å². The lowest BCUT2D eigenvalue weighted by molar-refractivity contribution is -0.139. The first-order valence-electron chi connectivity index (χ1n) is 8.89. The highest BCUT2D eigenvalue weighted by Gasteiger charge is 2.17. The third-order valence-electron chi connectivity index (χ3n) is 3.75. The molecule has 6 nitrogen and oxygen atoms in total.